The van der Waals surface area contributed by atoms with E-state index < -0.39 is 5.97 Å². The van der Waals surface area contributed by atoms with Gasteiger partial charge in [0.25, 0.3) is 0 Å². The van der Waals surface area contributed by atoms with E-state index in [1.54, 1.807) is 12.1 Å². The Morgan fingerprint density at radius 2 is 2.00 bits per heavy atom. The summed E-state index contributed by atoms with van der Waals surface area (Å²) in [5, 5.41) is 9.04. The second-order valence-electron chi connectivity index (χ2n) is 2.47. The third-order valence-corrected chi connectivity index (χ3v) is 2.90. The molecule has 1 rings (SSSR count). The van der Waals surface area contributed by atoms with Crippen molar-refractivity contribution in [2.24, 2.45) is 0 Å². The van der Waals surface area contributed by atoms with Crippen LogP contribution in [0, 0.1) is 0 Å². The van der Waals surface area contributed by atoms with Gasteiger partial charge in [-0.3, -0.25) is 0 Å². The van der Waals surface area contributed by atoms with Crippen LogP contribution in [0.2, 0.25) is 10.0 Å². The van der Waals surface area contributed by atoms with Gasteiger partial charge in [0.2, 0.25) is 0 Å². The molecule has 14 heavy (non-hydrogen) atoms. The number of halogens is 2. The predicted molar refractivity (Wildman–Crippen MR) is 60.4 cm³/mol. The third-order valence-electron chi connectivity index (χ3n) is 1.50. The quantitative estimate of drug-likeness (QED) is 0.622. The van der Waals surface area contributed by atoms with E-state index in [9.17, 15) is 4.79 Å². The zero-order chi connectivity index (χ0) is 10.7. The molecular weight excluding hydrogens is 243 g/mol. The molecule has 0 aliphatic heterocycles. The van der Waals surface area contributed by atoms with Crippen LogP contribution in [0.1, 0.15) is 5.56 Å². The summed E-state index contributed by atoms with van der Waals surface area (Å²) < 4.78 is 0. The van der Waals surface area contributed by atoms with Crippen LogP contribution in [0.3, 0.4) is 0 Å². The average molecular weight is 249 g/mol. The van der Waals surface area contributed by atoms with E-state index in [0.717, 1.165) is 6.08 Å². The fourth-order valence-electron chi connectivity index (χ4n) is 0.844. The summed E-state index contributed by atoms with van der Waals surface area (Å²) in [5.41, 5.74) is 0.553. The largest absolute Gasteiger partial charge is 0.478 e. The molecule has 1 N–H and O–H groups in total. The summed E-state index contributed by atoms with van der Waals surface area (Å²) in [6.45, 7) is 0. The zero-order valence-electron chi connectivity index (χ0n) is 6.87. The second-order valence-corrected chi connectivity index (χ2v) is 3.71. The molecule has 0 saturated heterocycles. The molecule has 0 amide bonds. The predicted octanol–water partition coefficient (Wildman–Crippen LogP) is 3.38. The number of benzene rings is 1. The van der Waals surface area contributed by atoms with E-state index in [4.69, 9.17) is 28.3 Å². The lowest BCUT2D eigenvalue weighted by Crippen LogP contribution is -1.86. The Kier molecular flexibility index (Phi) is 3.86. The molecule has 1 aromatic rings. The van der Waals surface area contributed by atoms with Crippen molar-refractivity contribution in [2.75, 3.05) is 0 Å². The van der Waals surface area contributed by atoms with E-state index in [1.165, 1.54) is 6.08 Å². The zero-order valence-corrected chi connectivity index (χ0v) is 9.27. The second kappa shape index (κ2) is 4.73. The molecule has 0 aliphatic carbocycles. The van der Waals surface area contributed by atoms with Crippen molar-refractivity contribution in [1.29, 1.82) is 0 Å². The average Bonchev–Trinajstić information content (AvgIpc) is 2.13. The van der Waals surface area contributed by atoms with Crippen molar-refractivity contribution >= 4 is 47.9 Å². The molecule has 0 atom stereocenters. The topological polar surface area (TPSA) is 37.3 Å². The summed E-state index contributed by atoms with van der Waals surface area (Å²) in [5.74, 6) is -1.04. The SMILES string of the molecule is O=C(O)C=Cc1ccc(S)c(Cl)c1Cl. The highest BCUT2D eigenvalue weighted by molar-refractivity contribution is 7.80. The van der Waals surface area contributed by atoms with E-state index in [1.807, 2.05) is 0 Å². The first kappa shape index (κ1) is 11.4. The Hall–Kier alpha value is -0.640. The van der Waals surface area contributed by atoms with Gasteiger partial charge in [0.05, 0.1) is 10.0 Å². The fraction of sp³-hybridized carbons (Fsp3) is 0. The van der Waals surface area contributed by atoms with Crippen LogP contribution in [0.4, 0.5) is 0 Å². The van der Waals surface area contributed by atoms with Crippen molar-refractivity contribution in [3.63, 3.8) is 0 Å². The Bertz CT molecular complexity index is 402. The highest BCUT2D eigenvalue weighted by atomic mass is 35.5. The van der Waals surface area contributed by atoms with Crippen molar-refractivity contribution in [3.05, 3.63) is 33.8 Å². The van der Waals surface area contributed by atoms with Gasteiger partial charge in [0, 0.05) is 11.0 Å². The van der Waals surface area contributed by atoms with Crippen molar-refractivity contribution in [3.8, 4) is 0 Å². The van der Waals surface area contributed by atoms with E-state index in [-0.39, 0.29) is 0 Å². The molecule has 5 heteroatoms. The Morgan fingerprint density at radius 3 is 2.57 bits per heavy atom. The van der Waals surface area contributed by atoms with Crippen LogP contribution < -0.4 is 0 Å². The number of carboxylic acids is 1. The normalized spacial score (nSPS) is 10.8. The smallest absolute Gasteiger partial charge is 0.328 e. The molecule has 0 bridgehead atoms. The molecule has 0 aliphatic rings. The molecule has 0 fully saturated rings. The van der Waals surface area contributed by atoms with Gasteiger partial charge in [0.15, 0.2) is 0 Å². The summed E-state index contributed by atoms with van der Waals surface area (Å²) in [6, 6.07) is 3.30. The molecule has 2 nitrogen and oxygen atoms in total. The number of thiol groups is 1. The van der Waals surface area contributed by atoms with Crippen LogP contribution in [0.15, 0.2) is 23.1 Å². The van der Waals surface area contributed by atoms with Crippen molar-refractivity contribution < 1.29 is 9.90 Å². The highest BCUT2D eigenvalue weighted by Crippen LogP contribution is 2.32. The first-order valence-corrected chi connectivity index (χ1v) is 4.80. The number of carbonyl (C=O) groups is 1. The fourth-order valence-corrected chi connectivity index (χ4v) is 1.50. The van der Waals surface area contributed by atoms with Gasteiger partial charge in [-0.05, 0) is 17.7 Å². The number of aliphatic carboxylic acids is 1. The molecule has 1 aromatic carbocycles. The molecule has 0 radical (unpaired) electrons. The van der Waals surface area contributed by atoms with Gasteiger partial charge in [0.1, 0.15) is 0 Å². The van der Waals surface area contributed by atoms with Crippen molar-refractivity contribution in [1.82, 2.24) is 0 Å². The molecular formula is C9H6Cl2O2S. The minimum Gasteiger partial charge on any atom is -0.478 e. The monoisotopic (exact) mass is 248 g/mol. The number of carboxylic acid groups (broad SMARTS) is 1. The van der Waals surface area contributed by atoms with Gasteiger partial charge < -0.3 is 5.11 Å². The Morgan fingerprint density at radius 1 is 1.36 bits per heavy atom. The highest BCUT2D eigenvalue weighted by Gasteiger charge is 2.05. The van der Waals surface area contributed by atoms with Crippen LogP contribution >= 0.6 is 35.8 Å². The van der Waals surface area contributed by atoms with Crippen LogP contribution in [0.25, 0.3) is 6.08 Å². The first-order valence-electron chi connectivity index (χ1n) is 3.60. The molecule has 0 spiro atoms. The Labute approximate surface area is 96.6 Å². The van der Waals surface area contributed by atoms with Crippen LogP contribution in [0.5, 0.6) is 0 Å². The number of rotatable bonds is 2. The first-order chi connectivity index (χ1) is 6.52. The lowest BCUT2D eigenvalue weighted by molar-refractivity contribution is -0.131. The molecule has 0 unspecified atom stereocenters. The third kappa shape index (κ3) is 2.67. The van der Waals surface area contributed by atoms with Gasteiger partial charge in [-0.2, -0.15) is 0 Å². The lowest BCUT2D eigenvalue weighted by atomic mass is 10.2. The molecule has 0 saturated carbocycles. The van der Waals surface area contributed by atoms with Gasteiger partial charge in [-0.25, -0.2) is 4.79 Å². The summed E-state index contributed by atoms with van der Waals surface area (Å²) in [7, 11) is 0. The van der Waals surface area contributed by atoms with Crippen LogP contribution in [-0.4, -0.2) is 11.1 Å². The molecule has 0 heterocycles. The van der Waals surface area contributed by atoms with Crippen LogP contribution in [-0.2, 0) is 4.79 Å². The number of hydrogen-bond acceptors (Lipinski definition) is 2. The van der Waals surface area contributed by atoms with Crippen molar-refractivity contribution in [2.45, 2.75) is 4.90 Å². The lowest BCUT2D eigenvalue weighted by Gasteiger charge is -2.02. The maximum atomic E-state index is 10.3. The van der Waals surface area contributed by atoms with Gasteiger partial charge in [-0.15, -0.1) is 12.6 Å². The van der Waals surface area contributed by atoms with E-state index >= 15 is 0 Å². The minimum atomic E-state index is -1.04. The molecule has 74 valence electrons. The van der Waals surface area contributed by atoms with Gasteiger partial charge in [-0.1, -0.05) is 29.3 Å². The van der Waals surface area contributed by atoms with Gasteiger partial charge >= 0.3 is 5.97 Å². The standard InChI is InChI=1S/C9H6Cl2O2S/c10-8-5(2-4-7(12)13)1-3-6(14)9(8)11/h1-4,14H,(H,12,13). The minimum absolute atomic E-state index is 0.302. The van der Waals surface area contributed by atoms with E-state index in [0.29, 0.717) is 20.5 Å². The summed E-state index contributed by atoms with van der Waals surface area (Å²) >= 11 is 15.7. The number of hydrogen-bond donors (Lipinski definition) is 2. The van der Waals surface area contributed by atoms with E-state index in [2.05, 4.69) is 12.6 Å². The molecule has 0 aromatic heterocycles. The Balaban J connectivity index is 3.12. The summed E-state index contributed by atoms with van der Waals surface area (Å²) in [6.07, 6.45) is 2.37. The summed E-state index contributed by atoms with van der Waals surface area (Å²) in [4.78, 5) is 10.8. The maximum absolute atomic E-state index is 10.3. The maximum Gasteiger partial charge on any atom is 0.328 e.